The Morgan fingerprint density at radius 1 is 0.824 bits per heavy atom. The van der Waals surface area contributed by atoms with Crippen molar-refractivity contribution in [2.45, 2.75) is 77.2 Å². The molecular formula is C25H35NO8. The number of benzene rings is 1. The second-order valence-electron chi connectivity index (χ2n) is 8.44. The van der Waals surface area contributed by atoms with Crippen molar-refractivity contribution in [1.82, 2.24) is 0 Å². The number of para-hydroxylation sites is 1. The van der Waals surface area contributed by atoms with Crippen LogP contribution in [-0.2, 0) is 34.0 Å². The Labute approximate surface area is 200 Å². The zero-order chi connectivity index (χ0) is 25.4. The zero-order valence-corrected chi connectivity index (χ0v) is 20.4. The van der Waals surface area contributed by atoms with Crippen LogP contribution >= 0.6 is 0 Å². The zero-order valence-electron chi connectivity index (χ0n) is 20.4. The molecule has 1 amide bonds. The third-order valence-corrected chi connectivity index (χ3v) is 6.13. The summed E-state index contributed by atoms with van der Waals surface area (Å²) in [6.07, 6.45) is 2.73. The molecule has 1 atom stereocenters. The second-order valence-corrected chi connectivity index (χ2v) is 8.44. The summed E-state index contributed by atoms with van der Waals surface area (Å²) in [5, 5.41) is 10.4. The molecule has 0 aliphatic carbocycles. The molecule has 2 rings (SSSR count). The van der Waals surface area contributed by atoms with Crippen molar-refractivity contribution in [2.75, 3.05) is 24.7 Å². The molecule has 1 unspecified atom stereocenters. The first kappa shape index (κ1) is 27.1. The van der Waals surface area contributed by atoms with Gasteiger partial charge in [0.25, 0.3) is 5.54 Å². The maximum Gasteiger partial charge on any atom is 0.415 e. The highest BCUT2D eigenvalue weighted by molar-refractivity contribution is 6.22. The van der Waals surface area contributed by atoms with Gasteiger partial charge in [-0.1, -0.05) is 58.2 Å². The number of esters is 2. The molecule has 1 aliphatic rings. The lowest BCUT2D eigenvalue weighted by Gasteiger charge is -2.40. The van der Waals surface area contributed by atoms with Gasteiger partial charge in [-0.15, -0.1) is 0 Å². The molecule has 1 heterocycles. The van der Waals surface area contributed by atoms with Crippen LogP contribution in [0.4, 0.5) is 10.5 Å². The highest BCUT2D eigenvalue weighted by Gasteiger charge is 2.76. The number of carbonyl (C=O) groups is 4. The van der Waals surface area contributed by atoms with Crippen LogP contribution in [0.2, 0.25) is 0 Å². The van der Waals surface area contributed by atoms with Crippen LogP contribution in [0.1, 0.15) is 71.8 Å². The summed E-state index contributed by atoms with van der Waals surface area (Å²) in [6.45, 7) is 6.92. The average Bonchev–Trinajstić information content (AvgIpc) is 3.07. The number of unbranched alkanes of at least 4 members (excludes halogenated alkanes) is 3. The third kappa shape index (κ3) is 4.60. The molecular weight excluding hydrogens is 442 g/mol. The normalized spacial score (nSPS) is 18.2. The fourth-order valence-electron chi connectivity index (χ4n) is 4.07. The molecule has 0 fully saturated rings. The van der Waals surface area contributed by atoms with E-state index in [0.29, 0.717) is 32.1 Å². The second kappa shape index (κ2) is 11.9. The van der Waals surface area contributed by atoms with Crippen molar-refractivity contribution >= 4 is 29.7 Å². The number of ether oxygens (including phenoxy) is 3. The summed E-state index contributed by atoms with van der Waals surface area (Å²) in [5.74, 6) is -3.78. The van der Waals surface area contributed by atoms with Crippen LogP contribution in [0, 0.1) is 0 Å². The summed E-state index contributed by atoms with van der Waals surface area (Å²) in [5.41, 5.74) is -4.60. The average molecular weight is 478 g/mol. The van der Waals surface area contributed by atoms with Crippen LogP contribution in [0.5, 0.6) is 0 Å². The Kier molecular flexibility index (Phi) is 9.46. The van der Waals surface area contributed by atoms with Gasteiger partial charge in [0.2, 0.25) is 0 Å². The molecule has 0 radical (unpaired) electrons. The van der Waals surface area contributed by atoms with E-state index in [1.165, 1.54) is 19.1 Å². The van der Waals surface area contributed by atoms with E-state index >= 15 is 0 Å². The number of nitrogens with zero attached hydrogens (tertiary/aromatic N) is 1. The number of carboxylic acid groups (broad SMARTS) is 1. The Bertz CT molecular complexity index is 877. The topological polar surface area (TPSA) is 119 Å². The highest BCUT2D eigenvalue weighted by atomic mass is 16.6. The summed E-state index contributed by atoms with van der Waals surface area (Å²) in [7, 11) is 0. The lowest BCUT2D eigenvalue weighted by Crippen LogP contribution is -2.71. The summed E-state index contributed by atoms with van der Waals surface area (Å²) >= 11 is 0. The van der Waals surface area contributed by atoms with Crippen LogP contribution in [0.25, 0.3) is 0 Å². The van der Waals surface area contributed by atoms with E-state index in [1.54, 1.807) is 12.1 Å². The standard InChI is InChI=1S/C25H35NO8/c1-5-8-15-32-21(29)25(22(30)33-16-9-6-2)24(4,20(27)28)18-13-11-12-14-19(18)26(25)23(31)34-17-10-7-3/h11-14H,5-10,15-17H2,1-4H3,(H,27,28). The molecule has 0 saturated heterocycles. The smallest absolute Gasteiger partial charge is 0.415 e. The van der Waals surface area contributed by atoms with Gasteiger partial charge in [-0.25, -0.2) is 19.3 Å². The predicted molar refractivity (Wildman–Crippen MR) is 125 cm³/mol. The van der Waals surface area contributed by atoms with E-state index in [1.807, 2.05) is 20.8 Å². The molecule has 0 saturated carbocycles. The molecule has 1 aromatic carbocycles. The summed E-state index contributed by atoms with van der Waals surface area (Å²) in [4.78, 5) is 54.4. The molecule has 1 aliphatic heterocycles. The maximum atomic E-state index is 13.7. The molecule has 1 aromatic rings. The summed E-state index contributed by atoms with van der Waals surface area (Å²) < 4.78 is 16.2. The lowest BCUT2D eigenvalue weighted by atomic mass is 9.68. The van der Waals surface area contributed by atoms with E-state index < -0.39 is 35.0 Å². The number of hydrogen-bond donors (Lipinski definition) is 1. The largest absolute Gasteiger partial charge is 0.480 e. The van der Waals surface area contributed by atoms with E-state index in [9.17, 15) is 24.3 Å². The molecule has 188 valence electrons. The van der Waals surface area contributed by atoms with E-state index in [4.69, 9.17) is 14.2 Å². The van der Waals surface area contributed by atoms with Crippen molar-refractivity contribution in [2.24, 2.45) is 0 Å². The number of rotatable bonds is 12. The lowest BCUT2D eigenvalue weighted by molar-refractivity contribution is -0.173. The first-order chi connectivity index (χ1) is 16.2. The van der Waals surface area contributed by atoms with Gasteiger partial charge in [0.15, 0.2) is 0 Å². The minimum absolute atomic E-state index is 0.0376. The molecule has 0 spiro atoms. The van der Waals surface area contributed by atoms with Gasteiger partial charge in [0, 0.05) is 0 Å². The number of carboxylic acids is 1. The number of anilines is 1. The molecule has 9 heteroatoms. The van der Waals surface area contributed by atoms with Gasteiger partial charge >= 0.3 is 24.0 Å². The third-order valence-electron chi connectivity index (χ3n) is 6.13. The molecule has 0 bridgehead atoms. The number of hydrogen-bond acceptors (Lipinski definition) is 7. The number of fused-ring (bicyclic) bond motifs is 1. The van der Waals surface area contributed by atoms with Gasteiger partial charge in [-0.3, -0.25) is 4.79 Å². The van der Waals surface area contributed by atoms with Crippen molar-refractivity contribution in [1.29, 1.82) is 0 Å². The number of aliphatic carboxylic acids is 1. The first-order valence-electron chi connectivity index (χ1n) is 11.9. The van der Waals surface area contributed by atoms with Crippen molar-refractivity contribution in [3.63, 3.8) is 0 Å². The quantitative estimate of drug-likeness (QED) is 0.206. The Morgan fingerprint density at radius 3 is 1.76 bits per heavy atom. The SMILES string of the molecule is CCCCOC(=O)N1c2ccccc2C(C)(C(=O)O)C1(C(=O)OCCCC)C(=O)OCCCC. The van der Waals surface area contributed by atoms with Gasteiger partial charge in [-0.05, 0) is 37.8 Å². The van der Waals surface area contributed by atoms with E-state index in [2.05, 4.69) is 0 Å². The van der Waals surface area contributed by atoms with Crippen LogP contribution in [-0.4, -0.2) is 54.5 Å². The molecule has 9 nitrogen and oxygen atoms in total. The monoisotopic (exact) mass is 477 g/mol. The first-order valence-corrected chi connectivity index (χ1v) is 11.9. The van der Waals surface area contributed by atoms with Crippen molar-refractivity contribution in [3.05, 3.63) is 29.8 Å². The Balaban J connectivity index is 2.76. The van der Waals surface area contributed by atoms with E-state index in [-0.39, 0.29) is 31.1 Å². The number of carbonyl (C=O) groups excluding carboxylic acids is 3. The van der Waals surface area contributed by atoms with Crippen molar-refractivity contribution < 1.29 is 38.5 Å². The Morgan fingerprint density at radius 2 is 1.29 bits per heavy atom. The minimum Gasteiger partial charge on any atom is -0.480 e. The summed E-state index contributed by atoms with van der Waals surface area (Å²) in [6, 6.07) is 6.14. The van der Waals surface area contributed by atoms with Gasteiger partial charge in [-0.2, -0.15) is 0 Å². The molecule has 1 N–H and O–H groups in total. The predicted octanol–water partition coefficient (Wildman–Crippen LogP) is 4.21. The van der Waals surface area contributed by atoms with Crippen molar-refractivity contribution in [3.8, 4) is 0 Å². The van der Waals surface area contributed by atoms with Crippen LogP contribution < -0.4 is 4.90 Å². The maximum absolute atomic E-state index is 13.7. The van der Waals surface area contributed by atoms with Gasteiger partial charge < -0.3 is 19.3 Å². The number of amides is 1. The fraction of sp³-hybridized carbons (Fsp3) is 0.600. The minimum atomic E-state index is -2.63. The molecule has 0 aromatic heterocycles. The Hall–Kier alpha value is -3.10. The van der Waals surface area contributed by atoms with Crippen LogP contribution in [0.3, 0.4) is 0 Å². The molecule has 34 heavy (non-hydrogen) atoms. The van der Waals surface area contributed by atoms with Gasteiger partial charge in [0.05, 0.1) is 25.5 Å². The van der Waals surface area contributed by atoms with Crippen LogP contribution in [0.15, 0.2) is 24.3 Å². The highest BCUT2D eigenvalue weighted by Crippen LogP contribution is 2.53. The fourth-order valence-corrected chi connectivity index (χ4v) is 4.07. The van der Waals surface area contributed by atoms with E-state index in [0.717, 1.165) is 11.3 Å². The van der Waals surface area contributed by atoms with Gasteiger partial charge in [0.1, 0.15) is 5.41 Å².